The Morgan fingerprint density at radius 1 is 0.824 bits per heavy atom. The number of hydrogen-bond donors (Lipinski definition) is 0. The van der Waals surface area contributed by atoms with Crippen LogP contribution in [0.15, 0.2) is 66.9 Å². The molecular weight excluding hydrogens is 422 g/mol. The molecule has 0 saturated carbocycles. The minimum Gasteiger partial charge on any atom is -0.368 e. The lowest BCUT2D eigenvalue weighted by molar-refractivity contribution is 0.0737. The maximum atomic E-state index is 13.8. The fraction of sp³-hybridized carbons (Fsp3) is 0.286. The van der Waals surface area contributed by atoms with Crippen LogP contribution in [0.2, 0.25) is 0 Å². The van der Waals surface area contributed by atoms with Gasteiger partial charge in [-0.15, -0.1) is 0 Å². The standard InChI is InChI=1S/C28H31N5O/c1-20-11-12-22(3)26(18-20)33-27(19-23(29-33)25-10-7-13-30(25)4)28(34)32-16-14-31(15-17-32)24-9-6-5-8-21(24)2/h5-13,18-19H,14-17H2,1-4H3. The van der Waals surface area contributed by atoms with Gasteiger partial charge in [-0.05, 0) is 67.8 Å². The van der Waals surface area contributed by atoms with E-state index in [9.17, 15) is 4.79 Å². The third kappa shape index (κ3) is 4.00. The van der Waals surface area contributed by atoms with Gasteiger partial charge < -0.3 is 14.4 Å². The number of aryl methyl sites for hydroxylation is 4. The smallest absolute Gasteiger partial charge is 0.272 e. The molecule has 0 N–H and O–H groups in total. The molecular formula is C28H31N5O. The van der Waals surface area contributed by atoms with E-state index in [4.69, 9.17) is 5.10 Å². The molecule has 0 aliphatic carbocycles. The summed E-state index contributed by atoms with van der Waals surface area (Å²) < 4.78 is 3.87. The van der Waals surface area contributed by atoms with Crippen LogP contribution in [-0.2, 0) is 7.05 Å². The molecule has 1 aliphatic heterocycles. The van der Waals surface area contributed by atoms with Crippen molar-refractivity contribution in [3.8, 4) is 17.1 Å². The first-order valence-corrected chi connectivity index (χ1v) is 11.8. The molecule has 1 aliphatic rings. The molecule has 1 saturated heterocycles. The predicted molar refractivity (Wildman–Crippen MR) is 137 cm³/mol. The Hall–Kier alpha value is -3.80. The first-order chi connectivity index (χ1) is 16.4. The number of benzene rings is 2. The van der Waals surface area contributed by atoms with Gasteiger partial charge in [0.25, 0.3) is 5.91 Å². The molecule has 0 radical (unpaired) electrons. The third-order valence-electron chi connectivity index (χ3n) is 6.75. The Labute approximate surface area is 201 Å². The minimum atomic E-state index is 0.0262. The van der Waals surface area contributed by atoms with E-state index in [1.165, 1.54) is 11.3 Å². The molecule has 0 spiro atoms. The van der Waals surface area contributed by atoms with Crippen molar-refractivity contribution >= 4 is 11.6 Å². The van der Waals surface area contributed by atoms with E-state index < -0.39 is 0 Å². The van der Waals surface area contributed by atoms with Crippen LogP contribution in [0.3, 0.4) is 0 Å². The van der Waals surface area contributed by atoms with E-state index in [0.717, 1.165) is 41.3 Å². The number of anilines is 1. The molecule has 4 aromatic rings. The van der Waals surface area contributed by atoms with E-state index >= 15 is 0 Å². The van der Waals surface area contributed by atoms with Gasteiger partial charge in [0.2, 0.25) is 0 Å². The van der Waals surface area contributed by atoms with Gasteiger partial charge in [0.05, 0.1) is 11.4 Å². The number of carbonyl (C=O) groups excluding carboxylic acids is 1. The Morgan fingerprint density at radius 2 is 1.56 bits per heavy atom. The van der Waals surface area contributed by atoms with Crippen LogP contribution in [0.5, 0.6) is 0 Å². The topological polar surface area (TPSA) is 46.3 Å². The van der Waals surface area contributed by atoms with Crippen molar-refractivity contribution in [2.75, 3.05) is 31.1 Å². The quantitative estimate of drug-likeness (QED) is 0.447. The van der Waals surface area contributed by atoms with Crippen molar-refractivity contribution in [2.24, 2.45) is 7.05 Å². The molecule has 2 aromatic carbocycles. The zero-order valence-corrected chi connectivity index (χ0v) is 20.3. The first-order valence-electron chi connectivity index (χ1n) is 11.8. The van der Waals surface area contributed by atoms with Crippen LogP contribution >= 0.6 is 0 Å². The van der Waals surface area contributed by atoms with E-state index in [1.807, 2.05) is 45.6 Å². The summed E-state index contributed by atoms with van der Waals surface area (Å²) in [4.78, 5) is 18.1. The van der Waals surface area contributed by atoms with E-state index in [0.29, 0.717) is 18.8 Å². The number of piperazine rings is 1. The van der Waals surface area contributed by atoms with Gasteiger partial charge in [0, 0.05) is 45.1 Å². The number of carbonyl (C=O) groups is 1. The summed E-state index contributed by atoms with van der Waals surface area (Å²) in [6.45, 7) is 9.28. The molecule has 174 valence electrons. The van der Waals surface area contributed by atoms with Crippen molar-refractivity contribution in [1.29, 1.82) is 0 Å². The van der Waals surface area contributed by atoms with E-state index in [2.05, 4.69) is 68.1 Å². The van der Waals surface area contributed by atoms with Crippen LogP contribution in [-0.4, -0.2) is 51.3 Å². The average Bonchev–Trinajstić information content (AvgIpc) is 3.47. The minimum absolute atomic E-state index is 0.0262. The van der Waals surface area contributed by atoms with Gasteiger partial charge in [0.1, 0.15) is 11.4 Å². The van der Waals surface area contributed by atoms with Gasteiger partial charge in [-0.2, -0.15) is 5.10 Å². The van der Waals surface area contributed by atoms with Crippen LogP contribution in [0.25, 0.3) is 17.1 Å². The summed E-state index contributed by atoms with van der Waals surface area (Å²) >= 11 is 0. The molecule has 6 heteroatoms. The summed E-state index contributed by atoms with van der Waals surface area (Å²) in [5, 5.41) is 4.91. The Morgan fingerprint density at radius 3 is 2.26 bits per heavy atom. The van der Waals surface area contributed by atoms with Gasteiger partial charge >= 0.3 is 0 Å². The highest BCUT2D eigenvalue weighted by Crippen LogP contribution is 2.26. The number of nitrogens with zero attached hydrogens (tertiary/aromatic N) is 5. The highest BCUT2D eigenvalue weighted by molar-refractivity contribution is 5.94. The Bertz CT molecular complexity index is 1340. The van der Waals surface area contributed by atoms with Crippen LogP contribution in [0.1, 0.15) is 27.2 Å². The van der Waals surface area contributed by atoms with Gasteiger partial charge in [-0.25, -0.2) is 4.68 Å². The van der Waals surface area contributed by atoms with Gasteiger partial charge in [0.15, 0.2) is 0 Å². The second kappa shape index (κ2) is 8.86. The number of amides is 1. The van der Waals surface area contributed by atoms with E-state index in [1.54, 1.807) is 0 Å². The van der Waals surface area contributed by atoms with Crippen molar-refractivity contribution in [3.05, 3.63) is 89.2 Å². The highest BCUT2D eigenvalue weighted by Gasteiger charge is 2.27. The fourth-order valence-corrected chi connectivity index (χ4v) is 4.75. The third-order valence-corrected chi connectivity index (χ3v) is 6.75. The maximum absolute atomic E-state index is 13.8. The molecule has 0 unspecified atom stereocenters. The zero-order valence-electron chi connectivity index (χ0n) is 20.3. The molecule has 0 bridgehead atoms. The first kappa shape index (κ1) is 22.0. The summed E-state index contributed by atoms with van der Waals surface area (Å²) in [5.41, 5.74) is 8.09. The molecule has 6 nitrogen and oxygen atoms in total. The van der Waals surface area contributed by atoms with E-state index in [-0.39, 0.29) is 5.91 Å². The van der Waals surface area contributed by atoms with Crippen LogP contribution in [0, 0.1) is 20.8 Å². The molecule has 1 amide bonds. The van der Waals surface area contributed by atoms with Gasteiger partial charge in [-0.3, -0.25) is 4.79 Å². The molecule has 34 heavy (non-hydrogen) atoms. The summed E-state index contributed by atoms with van der Waals surface area (Å²) in [6, 6.07) is 20.7. The summed E-state index contributed by atoms with van der Waals surface area (Å²) in [7, 11) is 2.00. The second-order valence-corrected chi connectivity index (χ2v) is 9.19. The molecule has 5 rings (SSSR count). The molecule has 2 aromatic heterocycles. The SMILES string of the molecule is Cc1ccc(C)c(-n2nc(-c3cccn3C)cc2C(=O)N2CCN(c3ccccc3C)CC2)c1. The highest BCUT2D eigenvalue weighted by atomic mass is 16.2. The zero-order chi connectivity index (χ0) is 23.8. The van der Waals surface area contributed by atoms with Crippen LogP contribution in [0.4, 0.5) is 5.69 Å². The fourth-order valence-electron chi connectivity index (χ4n) is 4.75. The summed E-state index contributed by atoms with van der Waals surface area (Å²) in [6.07, 6.45) is 2.00. The van der Waals surface area contributed by atoms with Crippen molar-refractivity contribution < 1.29 is 4.79 Å². The maximum Gasteiger partial charge on any atom is 0.272 e. The molecule has 3 heterocycles. The van der Waals surface area contributed by atoms with Crippen molar-refractivity contribution in [2.45, 2.75) is 20.8 Å². The molecule has 0 atom stereocenters. The van der Waals surface area contributed by atoms with Gasteiger partial charge in [-0.1, -0.05) is 30.3 Å². The van der Waals surface area contributed by atoms with Crippen molar-refractivity contribution in [1.82, 2.24) is 19.2 Å². The van der Waals surface area contributed by atoms with Crippen molar-refractivity contribution in [3.63, 3.8) is 0 Å². The monoisotopic (exact) mass is 453 g/mol. The number of para-hydroxylation sites is 1. The second-order valence-electron chi connectivity index (χ2n) is 9.19. The molecule has 1 fully saturated rings. The number of rotatable bonds is 4. The number of hydrogen-bond acceptors (Lipinski definition) is 3. The largest absolute Gasteiger partial charge is 0.368 e. The number of aromatic nitrogens is 3. The lowest BCUT2D eigenvalue weighted by atomic mass is 10.1. The Kier molecular flexibility index (Phi) is 5.74. The lowest BCUT2D eigenvalue weighted by Gasteiger charge is -2.36. The average molecular weight is 454 g/mol. The van der Waals surface area contributed by atoms with Crippen LogP contribution < -0.4 is 4.90 Å². The summed E-state index contributed by atoms with van der Waals surface area (Å²) in [5.74, 6) is 0.0262. The lowest BCUT2D eigenvalue weighted by Crippen LogP contribution is -2.49. The normalized spacial score (nSPS) is 14.0. The predicted octanol–water partition coefficient (Wildman–Crippen LogP) is 4.77. The Balaban J connectivity index is 1.47.